The number of para-hydroxylation sites is 1. The fourth-order valence-electron chi connectivity index (χ4n) is 2.96. The van der Waals surface area contributed by atoms with Crippen LogP contribution in [0.15, 0.2) is 48.2 Å². The lowest BCUT2D eigenvalue weighted by molar-refractivity contribution is -0.427. The molecule has 0 radical (unpaired) electrons. The zero-order chi connectivity index (χ0) is 22.3. The van der Waals surface area contributed by atoms with Gasteiger partial charge in [0.1, 0.15) is 5.75 Å². The van der Waals surface area contributed by atoms with Crippen LogP contribution in [0.3, 0.4) is 0 Å². The molecule has 2 atom stereocenters. The molecule has 0 saturated carbocycles. The molecule has 1 N–H and O–H groups in total. The first-order chi connectivity index (χ1) is 13.1. The van der Waals surface area contributed by atoms with Crippen molar-refractivity contribution in [2.24, 2.45) is 5.41 Å². The summed E-state index contributed by atoms with van der Waals surface area (Å²) in [5.74, 6) is -0.560. The molecule has 0 aliphatic heterocycles. The van der Waals surface area contributed by atoms with E-state index in [1.165, 1.54) is 12.1 Å². The maximum absolute atomic E-state index is 13.4. The molecule has 0 fully saturated rings. The SMILES string of the molecule is CCC(C)(C)C1(Oc2ccccc2C(F)(F)F)C=CC(S(=O)(=O)O)C([N+](=O)[O-])=C1. The van der Waals surface area contributed by atoms with Crippen molar-refractivity contribution in [2.45, 2.75) is 44.2 Å². The van der Waals surface area contributed by atoms with E-state index >= 15 is 0 Å². The van der Waals surface area contributed by atoms with E-state index in [0.29, 0.717) is 6.42 Å². The number of rotatable bonds is 6. The van der Waals surface area contributed by atoms with Crippen LogP contribution in [0.4, 0.5) is 13.2 Å². The van der Waals surface area contributed by atoms with Crippen LogP contribution in [0.25, 0.3) is 0 Å². The van der Waals surface area contributed by atoms with Crippen molar-refractivity contribution in [2.75, 3.05) is 0 Å². The quantitative estimate of drug-likeness (QED) is 0.310. The summed E-state index contributed by atoms with van der Waals surface area (Å²) in [5.41, 5.74) is -4.73. The van der Waals surface area contributed by atoms with E-state index < -0.39 is 54.5 Å². The second kappa shape index (κ2) is 7.45. The van der Waals surface area contributed by atoms with Crippen molar-refractivity contribution in [3.05, 3.63) is 63.9 Å². The van der Waals surface area contributed by atoms with Crippen LogP contribution in [0, 0.1) is 15.5 Å². The van der Waals surface area contributed by atoms with E-state index in [-0.39, 0.29) is 0 Å². The third kappa shape index (κ3) is 4.45. The summed E-state index contributed by atoms with van der Waals surface area (Å²) < 4.78 is 78.3. The number of nitrogens with zero attached hydrogens (tertiary/aromatic N) is 1. The van der Waals surface area contributed by atoms with Gasteiger partial charge in [-0.15, -0.1) is 0 Å². The largest absolute Gasteiger partial charge is 0.478 e. The Morgan fingerprint density at radius 2 is 1.86 bits per heavy atom. The van der Waals surface area contributed by atoms with Gasteiger partial charge in [-0.25, -0.2) is 0 Å². The van der Waals surface area contributed by atoms with Gasteiger partial charge < -0.3 is 4.74 Å². The van der Waals surface area contributed by atoms with E-state index in [2.05, 4.69) is 0 Å². The molecule has 0 aromatic heterocycles. The van der Waals surface area contributed by atoms with Crippen molar-refractivity contribution in [3.8, 4) is 5.75 Å². The average molecular weight is 435 g/mol. The molecule has 0 bridgehead atoms. The molecule has 1 aromatic rings. The number of alkyl halides is 3. The highest BCUT2D eigenvalue weighted by Crippen LogP contribution is 2.46. The highest BCUT2D eigenvalue weighted by Gasteiger charge is 2.51. The fourth-order valence-corrected chi connectivity index (χ4v) is 3.69. The van der Waals surface area contributed by atoms with Crippen molar-refractivity contribution in [1.82, 2.24) is 0 Å². The molecule has 0 heterocycles. The normalized spacial score (nSPS) is 22.9. The maximum atomic E-state index is 13.4. The standard InChI is InChI=1S/C18H20F3NO6S/c1-4-16(2,3)17(28-14-8-6-5-7-12(14)18(19,20)21)10-9-15(29(25,26)27)13(11-17)22(23)24/h5-11,15H,4H2,1-3H3,(H,25,26,27). The Morgan fingerprint density at radius 3 is 2.34 bits per heavy atom. The molecule has 11 heteroatoms. The summed E-state index contributed by atoms with van der Waals surface area (Å²) in [6, 6.07) is 4.39. The molecule has 1 aliphatic carbocycles. The lowest BCUT2D eigenvalue weighted by Crippen LogP contribution is -2.50. The van der Waals surface area contributed by atoms with Crippen molar-refractivity contribution in [1.29, 1.82) is 0 Å². The molecule has 29 heavy (non-hydrogen) atoms. The van der Waals surface area contributed by atoms with Gasteiger partial charge in [0.15, 0.2) is 10.9 Å². The molecule has 2 unspecified atom stereocenters. The Hall–Kier alpha value is -2.40. The number of hydrogen-bond acceptors (Lipinski definition) is 5. The lowest BCUT2D eigenvalue weighted by atomic mass is 9.70. The Balaban J connectivity index is 2.73. The number of hydrogen-bond donors (Lipinski definition) is 1. The molecule has 160 valence electrons. The van der Waals surface area contributed by atoms with Crippen LogP contribution in [-0.4, -0.2) is 28.7 Å². The fraction of sp³-hybridized carbons (Fsp3) is 0.444. The summed E-state index contributed by atoms with van der Waals surface area (Å²) in [6.45, 7) is 4.95. The van der Waals surface area contributed by atoms with Crippen LogP contribution in [0.1, 0.15) is 32.8 Å². The molecule has 2 rings (SSSR count). The zero-order valence-corrected chi connectivity index (χ0v) is 16.6. The van der Waals surface area contributed by atoms with Crippen molar-refractivity contribution >= 4 is 10.1 Å². The molecule has 1 aromatic carbocycles. The predicted octanol–water partition coefficient (Wildman–Crippen LogP) is 4.25. The number of ether oxygens (including phenoxy) is 1. The van der Waals surface area contributed by atoms with Gasteiger partial charge in [0.05, 0.1) is 10.5 Å². The monoisotopic (exact) mass is 435 g/mol. The van der Waals surface area contributed by atoms with Crippen LogP contribution in [0.2, 0.25) is 0 Å². The summed E-state index contributed by atoms with van der Waals surface area (Å²) in [6.07, 6.45) is -1.54. The average Bonchev–Trinajstić information content (AvgIpc) is 2.60. The first-order valence-corrected chi connectivity index (χ1v) is 10.0. The van der Waals surface area contributed by atoms with Gasteiger partial charge >= 0.3 is 6.18 Å². The second-order valence-electron chi connectivity index (χ2n) is 7.25. The van der Waals surface area contributed by atoms with E-state index in [1.54, 1.807) is 20.8 Å². The topological polar surface area (TPSA) is 107 Å². The predicted molar refractivity (Wildman–Crippen MR) is 98.4 cm³/mol. The van der Waals surface area contributed by atoms with Gasteiger partial charge in [-0.3, -0.25) is 14.7 Å². The lowest BCUT2D eigenvalue weighted by Gasteiger charge is -2.44. The smallest absolute Gasteiger partial charge is 0.419 e. The Labute approximate surface area is 165 Å². The van der Waals surface area contributed by atoms with Gasteiger partial charge in [0, 0.05) is 11.5 Å². The van der Waals surface area contributed by atoms with E-state index in [0.717, 1.165) is 30.4 Å². The summed E-state index contributed by atoms with van der Waals surface area (Å²) in [4.78, 5) is 10.5. The number of halogens is 3. The number of nitro groups is 1. The van der Waals surface area contributed by atoms with Crippen molar-refractivity contribution in [3.63, 3.8) is 0 Å². The Kier molecular flexibility index (Phi) is 5.88. The van der Waals surface area contributed by atoms with Gasteiger partial charge in [-0.05, 0) is 24.6 Å². The maximum Gasteiger partial charge on any atom is 0.419 e. The summed E-state index contributed by atoms with van der Waals surface area (Å²) in [5, 5.41) is 9.53. The number of benzene rings is 1. The molecule has 0 amide bonds. The van der Waals surface area contributed by atoms with Gasteiger partial charge in [0.25, 0.3) is 15.8 Å². The van der Waals surface area contributed by atoms with Crippen LogP contribution in [0.5, 0.6) is 5.75 Å². The van der Waals surface area contributed by atoms with E-state index in [9.17, 15) is 36.3 Å². The van der Waals surface area contributed by atoms with Crippen LogP contribution in [-0.2, 0) is 16.3 Å². The van der Waals surface area contributed by atoms with Gasteiger partial charge in [-0.1, -0.05) is 39.0 Å². The minimum Gasteiger partial charge on any atom is -0.478 e. The van der Waals surface area contributed by atoms with Gasteiger partial charge in [0.2, 0.25) is 0 Å². The summed E-state index contributed by atoms with van der Waals surface area (Å²) in [7, 11) is -4.86. The second-order valence-corrected chi connectivity index (χ2v) is 8.79. The third-order valence-electron chi connectivity index (χ3n) is 5.12. The van der Waals surface area contributed by atoms with E-state index in [4.69, 9.17) is 4.74 Å². The first kappa shape index (κ1) is 22.9. The third-order valence-corrected chi connectivity index (χ3v) is 6.16. The Morgan fingerprint density at radius 1 is 1.28 bits per heavy atom. The van der Waals surface area contributed by atoms with Crippen molar-refractivity contribution < 1.29 is 35.8 Å². The first-order valence-electron chi connectivity index (χ1n) is 8.52. The van der Waals surface area contributed by atoms with Crippen LogP contribution < -0.4 is 4.74 Å². The van der Waals surface area contributed by atoms with Gasteiger partial charge in [-0.2, -0.15) is 21.6 Å². The molecule has 1 aliphatic rings. The molecular formula is C18H20F3NO6S. The molecular weight excluding hydrogens is 415 g/mol. The highest BCUT2D eigenvalue weighted by atomic mass is 32.2. The van der Waals surface area contributed by atoms with E-state index in [1.807, 2.05) is 0 Å². The minimum absolute atomic E-state index is 0.323. The molecule has 7 nitrogen and oxygen atoms in total. The Bertz CT molecular complexity index is 968. The zero-order valence-electron chi connectivity index (χ0n) is 15.8. The minimum atomic E-state index is -4.86. The molecule has 0 saturated heterocycles. The summed E-state index contributed by atoms with van der Waals surface area (Å²) >= 11 is 0. The molecule has 0 spiro atoms. The highest BCUT2D eigenvalue weighted by molar-refractivity contribution is 7.86. The van der Waals surface area contributed by atoms with Crippen LogP contribution >= 0.6 is 0 Å².